The molecule has 0 spiro atoms. The van der Waals surface area contributed by atoms with Gasteiger partial charge in [-0.05, 0) is 37.1 Å². The molecule has 0 atom stereocenters. The highest BCUT2D eigenvalue weighted by molar-refractivity contribution is 7.09. The molecule has 0 unspecified atom stereocenters. The number of amides is 3. The first-order valence-corrected chi connectivity index (χ1v) is 13.0. The number of aromatic nitrogens is 2. The molecule has 9 nitrogen and oxygen atoms in total. The van der Waals surface area contributed by atoms with Crippen molar-refractivity contribution in [3.63, 3.8) is 0 Å². The first-order valence-electron chi connectivity index (χ1n) is 12.1. The maximum absolute atomic E-state index is 13.8. The molecular weight excluding hydrogens is 528 g/mol. The second-order valence-electron chi connectivity index (χ2n) is 8.90. The van der Waals surface area contributed by atoms with Gasteiger partial charge in [-0.15, -0.1) is 11.3 Å². The molecule has 3 amide bonds. The molecule has 5 rings (SSSR count). The van der Waals surface area contributed by atoms with Crippen LogP contribution in [-0.2, 0) is 0 Å². The lowest BCUT2D eigenvalue weighted by atomic mass is 9.97. The van der Waals surface area contributed by atoms with Crippen LogP contribution in [0, 0.1) is 11.6 Å². The van der Waals surface area contributed by atoms with Crippen LogP contribution in [0.3, 0.4) is 0 Å². The molecule has 0 aliphatic carbocycles. The van der Waals surface area contributed by atoms with E-state index in [0.29, 0.717) is 49.0 Å². The topological polar surface area (TPSA) is 114 Å². The van der Waals surface area contributed by atoms with Crippen molar-refractivity contribution in [2.24, 2.45) is 0 Å². The summed E-state index contributed by atoms with van der Waals surface area (Å²) in [5.74, 6) is -2.98. The van der Waals surface area contributed by atoms with Gasteiger partial charge in [-0.1, -0.05) is 12.1 Å². The van der Waals surface area contributed by atoms with E-state index in [4.69, 9.17) is 4.74 Å². The van der Waals surface area contributed by atoms with Gasteiger partial charge < -0.3 is 9.64 Å². The number of fused-ring (bicyclic) bond motifs is 1. The van der Waals surface area contributed by atoms with Gasteiger partial charge in [0.05, 0.1) is 23.2 Å². The molecule has 0 saturated carbocycles. The smallest absolute Gasteiger partial charge is 0.289 e. The van der Waals surface area contributed by atoms with E-state index in [2.05, 4.69) is 20.8 Å². The minimum absolute atomic E-state index is 0.0580. The van der Waals surface area contributed by atoms with Crippen molar-refractivity contribution in [2.75, 3.05) is 20.2 Å². The maximum atomic E-state index is 13.8. The van der Waals surface area contributed by atoms with Crippen molar-refractivity contribution >= 4 is 40.0 Å². The highest BCUT2D eigenvalue weighted by Crippen LogP contribution is 2.32. The second kappa shape index (κ2) is 11.1. The first-order chi connectivity index (χ1) is 18.8. The number of ether oxygens (including phenoxy) is 1. The Hall–Kier alpha value is -4.45. The number of likely N-dealkylation sites (tertiary alicyclic amines) is 1. The van der Waals surface area contributed by atoms with E-state index in [-0.39, 0.29) is 17.5 Å². The van der Waals surface area contributed by atoms with Crippen LogP contribution in [0.4, 0.5) is 8.78 Å². The van der Waals surface area contributed by atoms with Crippen molar-refractivity contribution in [3.05, 3.63) is 87.5 Å². The lowest BCUT2D eigenvalue weighted by Crippen LogP contribution is -2.42. The number of hydrogen-bond donors (Lipinski definition) is 2. The lowest BCUT2D eigenvalue weighted by molar-refractivity contribution is 0.0706. The largest absolute Gasteiger partial charge is 0.496 e. The Morgan fingerprint density at radius 1 is 0.974 bits per heavy atom. The van der Waals surface area contributed by atoms with Crippen LogP contribution < -0.4 is 15.6 Å². The number of rotatable bonds is 5. The Labute approximate surface area is 225 Å². The quantitative estimate of drug-likeness (QED) is 0.362. The summed E-state index contributed by atoms with van der Waals surface area (Å²) in [7, 11) is 1.56. The molecule has 0 radical (unpaired) electrons. The van der Waals surface area contributed by atoms with Gasteiger partial charge in [0.1, 0.15) is 28.8 Å². The van der Waals surface area contributed by atoms with Crippen LogP contribution in [0.1, 0.15) is 55.1 Å². The van der Waals surface area contributed by atoms with E-state index in [9.17, 15) is 23.2 Å². The van der Waals surface area contributed by atoms with E-state index >= 15 is 0 Å². The third-order valence-corrected chi connectivity index (χ3v) is 7.48. The van der Waals surface area contributed by atoms with Crippen LogP contribution in [0.25, 0.3) is 10.9 Å². The number of pyridine rings is 1. The zero-order chi connectivity index (χ0) is 27.5. The van der Waals surface area contributed by atoms with E-state index < -0.39 is 29.0 Å². The van der Waals surface area contributed by atoms with Gasteiger partial charge in [0.2, 0.25) is 0 Å². The Bertz CT molecular complexity index is 1570. The summed E-state index contributed by atoms with van der Waals surface area (Å²) in [6.45, 7) is 1.00. The highest BCUT2D eigenvalue weighted by Gasteiger charge is 2.28. The molecule has 2 aromatic carbocycles. The normalized spacial score (nSPS) is 13.8. The van der Waals surface area contributed by atoms with Crippen LogP contribution in [-0.4, -0.2) is 52.8 Å². The van der Waals surface area contributed by atoms with Crippen LogP contribution in [0.5, 0.6) is 5.75 Å². The van der Waals surface area contributed by atoms with Gasteiger partial charge in [-0.25, -0.2) is 18.7 Å². The molecule has 1 aliphatic rings. The third-order valence-electron chi connectivity index (χ3n) is 6.47. The van der Waals surface area contributed by atoms with E-state index in [1.807, 2.05) is 24.3 Å². The Morgan fingerprint density at radius 3 is 2.46 bits per heavy atom. The molecule has 200 valence electrons. The van der Waals surface area contributed by atoms with Crippen LogP contribution in [0.2, 0.25) is 0 Å². The van der Waals surface area contributed by atoms with E-state index in [1.54, 1.807) is 23.5 Å². The molecule has 39 heavy (non-hydrogen) atoms. The molecule has 1 aliphatic heterocycles. The summed E-state index contributed by atoms with van der Waals surface area (Å²) >= 11 is 1.31. The Kier molecular flexibility index (Phi) is 7.46. The standard InChI is InChI=1S/C27H23F2N5O4S/c1-38-23-13-21(30-20-5-3-2-4-18(20)23)27(37)34-10-8-15(9-11-34)26-31-22(14-39-26)25(36)33-32-24(35)17-7-6-16(28)12-19(17)29/h2-7,12-15H,8-11H2,1H3,(H,32,35)(H,33,36). The lowest BCUT2D eigenvalue weighted by Gasteiger charge is -2.31. The molecule has 1 fully saturated rings. The number of hydrogen-bond acceptors (Lipinski definition) is 7. The van der Waals surface area contributed by atoms with Gasteiger partial charge >= 0.3 is 0 Å². The number of halogens is 2. The number of nitrogens with one attached hydrogen (secondary N) is 2. The molecular formula is C27H23F2N5O4S. The number of thiazole rings is 1. The van der Waals surface area contributed by atoms with Crippen molar-refractivity contribution in [2.45, 2.75) is 18.8 Å². The minimum Gasteiger partial charge on any atom is -0.496 e. The second-order valence-corrected chi connectivity index (χ2v) is 9.79. The van der Waals surface area contributed by atoms with Crippen LogP contribution in [0.15, 0.2) is 53.9 Å². The number of benzene rings is 2. The van der Waals surface area contributed by atoms with E-state index in [1.165, 1.54) is 11.3 Å². The Morgan fingerprint density at radius 2 is 1.72 bits per heavy atom. The number of para-hydroxylation sites is 1. The zero-order valence-corrected chi connectivity index (χ0v) is 21.6. The predicted molar refractivity (Wildman–Crippen MR) is 140 cm³/mol. The molecule has 1 saturated heterocycles. The summed E-state index contributed by atoms with van der Waals surface area (Å²) in [6, 6.07) is 11.6. The number of nitrogens with zero attached hydrogens (tertiary/aromatic N) is 3. The monoisotopic (exact) mass is 551 g/mol. The van der Waals surface area contributed by atoms with Crippen molar-refractivity contribution < 1.29 is 27.9 Å². The predicted octanol–water partition coefficient (Wildman–Crippen LogP) is 4.07. The fourth-order valence-corrected chi connectivity index (χ4v) is 5.38. The van der Waals surface area contributed by atoms with Crippen LogP contribution >= 0.6 is 11.3 Å². The number of carbonyl (C=O) groups excluding carboxylic acids is 3. The van der Waals surface area contributed by atoms with Crippen molar-refractivity contribution in [1.82, 2.24) is 25.7 Å². The fourth-order valence-electron chi connectivity index (χ4n) is 4.41. The van der Waals surface area contributed by atoms with Crippen molar-refractivity contribution in [3.8, 4) is 5.75 Å². The fraction of sp³-hybridized carbons (Fsp3) is 0.222. The highest BCUT2D eigenvalue weighted by atomic mass is 32.1. The van der Waals surface area contributed by atoms with Gasteiger partial charge in [-0.3, -0.25) is 25.2 Å². The van der Waals surface area contributed by atoms with Gasteiger partial charge in [-0.2, -0.15) is 0 Å². The zero-order valence-electron chi connectivity index (χ0n) is 20.7. The first kappa shape index (κ1) is 26.2. The molecule has 12 heteroatoms. The summed E-state index contributed by atoms with van der Waals surface area (Å²) in [5, 5.41) is 3.15. The summed E-state index contributed by atoms with van der Waals surface area (Å²) in [5.41, 5.74) is 4.99. The van der Waals surface area contributed by atoms with Gasteiger partial charge in [0.15, 0.2) is 0 Å². The number of methoxy groups -OCH3 is 1. The number of piperidine rings is 1. The molecule has 0 bridgehead atoms. The summed E-state index contributed by atoms with van der Waals surface area (Å²) in [4.78, 5) is 48.4. The van der Waals surface area contributed by atoms with Gasteiger partial charge in [0.25, 0.3) is 17.7 Å². The SMILES string of the molecule is COc1cc(C(=O)N2CCC(c3nc(C(=O)NNC(=O)c4ccc(F)cc4F)cs3)CC2)nc2ccccc12. The molecule has 2 N–H and O–H groups in total. The molecule has 4 aromatic rings. The third kappa shape index (κ3) is 5.55. The van der Waals surface area contributed by atoms with Gasteiger partial charge in [0, 0.05) is 41.9 Å². The molecule has 2 aromatic heterocycles. The minimum atomic E-state index is -1.04. The average Bonchev–Trinajstić information content (AvgIpc) is 3.45. The maximum Gasteiger partial charge on any atom is 0.289 e. The van der Waals surface area contributed by atoms with E-state index in [0.717, 1.165) is 22.5 Å². The number of carbonyl (C=O) groups is 3. The summed E-state index contributed by atoms with van der Waals surface area (Å²) < 4.78 is 32.3. The summed E-state index contributed by atoms with van der Waals surface area (Å²) in [6.07, 6.45) is 1.32. The molecule has 3 heterocycles. The average molecular weight is 552 g/mol. The Balaban J connectivity index is 1.17. The van der Waals surface area contributed by atoms with Crippen molar-refractivity contribution in [1.29, 1.82) is 0 Å². The number of hydrazine groups is 1.